The van der Waals surface area contributed by atoms with Gasteiger partial charge in [-0.1, -0.05) is 0 Å². The lowest BCUT2D eigenvalue weighted by molar-refractivity contribution is -0.113. The first kappa shape index (κ1) is 12.9. The fraction of sp³-hybridized carbons (Fsp3) is 0.143. The van der Waals surface area contributed by atoms with E-state index in [1.807, 2.05) is 24.3 Å². The van der Waals surface area contributed by atoms with Gasteiger partial charge in [0.05, 0.1) is 19.7 Å². The summed E-state index contributed by atoms with van der Waals surface area (Å²) in [7, 11) is 3.12. The average Bonchev–Trinajstić information content (AvgIpc) is 2.43. The molecular weight excluding hydrogens is 244 g/mol. The highest BCUT2D eigenvalue weighted by atomic mass is 16.5. The molecule has 0 saturated carbocycles. The topological polar surface area (TPSA) is 74.4 Å². The van der Waals surface area contributed by atoms with Crippen LogP contribution in [0.5, 0.6) is 11.6 Å². The molecule has 1 aromatic carbocycles. The van der Waals surface area contributed by atoms with Crippen molar-refractivity contribution in [3.8, 4) is 11.6 Å². The number of ether oxygens (including phenoxy) is 2. The predicted molar refractivity (Wildman–Crippen MR) is 73.1 cm³/mol. The van der Waals surface area contributed by atoms with Gasteiger partial charge in [0.25, 0.3) is 0 Å². The Morgan fingerprint density at radius 3 is 2.68 bits per heavy atom. The average molecular weight is 258 g/mol. The molecule has 19 heavy (non-hydrogen) atoms. The number of aromatic nitrogens is 1. The Balaban J connectivity index is 2.56. The maximum absolute atomic E-state index is 10.8. The van der Waals surface area contributed by atoms with Crippen molar-refractivity contribution in [3.63, 3.8) is 0 Å². The number of carbonyl (C=O) groups is 1. The number of fused-ring (bicyclic) bond motifs is 1. The van der Waals surface area contributed by atoms with Gasteiger partial charge in [-0.3, -0.25) is 4.79 Å². The Kier molecular flexibility index (Phi) is 3.66. The van der Waals surface area contributed by atoms with Crippen LogP contribution in [0.25, 0.3) is 17.0 Å². The van der Waals surface area contributed by atoms with E-state index in [0.717, 1.165) is 16.7 Å². The SMILES string of the molecule is COc1ccc2cc(/C=C/C(N)=O)c(OC)nc2c1. The third-order valence-electron chi connectivity index (χ3n) is 2.64. The molecule has 5 heteroatoms. The van der Waals surface area contributed by atoms with Gasteiger partial charge in [-0.05, 0) is 24.3 Å². The molecule has 98 valence electrons. The molecule has 1 amide bonds. The second-order valence-electron chi connectivity index (χ2n) is 3.88. The molecule has 2 N–H and O–H groups in total. The molecule has 0 aliphatic carbocycles. The molecule has 0 fully saturated rings. The summed E-state index contributed by atoms with van der Waals surface area (Å²) >= 11 is 0. The monoisotopic (exact) mass is 258 g/mol. The van der Waals surface area contributed by atoms with E-state index in [1.54, 1.807) is 13.2 Å². The Hall–Kier alpha value is -2.56. The standard InChI is InChI=1S/C14H14N2O3/c1-18-11-5-3-9-7-10(4-6-13(15)17)14(19-2)16-12(9)8-11/h3-8H,1-2H3,(H2,15,17)/b6-4+. The molecule has 1 heterocycles. The first-order chi connectivity index (χ1) is 9.13. The van der Waals surface area contributed by atoms with Crippen molar-refractivity contribution in [1.29, 1.82) is 0 Å². The van der Waals surface area contributed by atoms with Crippen LogP contribution in [0.1, 0.15) is 5.56 Å². The molecule has 0 spiro atoms. The molecule has 0 bridgehead atoms. The van der Waals surface area contributed by atoms with Gasteiger partial charge in [0.15, 0.2) is 0 Å². The van der Waals surface area contributed by atoms with Gasteiger partial charge >= 0.3 is 0 Å². The number of methoxy groups -OCH3 is 2. The van der Waals surface area contributed by atoms with Crippen molar-refractivity contribution in [2.24, 2.45) is 5.73 Å². The first-order valence-corrected chi connectivity index (χ1v) is 5.64. The van der Waals surface area contributed by atoms with Crippen LogP contribution in [0, 0.1) is 0 Å². The minimum absolute atomic E-state index is 0.429. The Morgan fingerprint density at radius 2 is 2.05 bits per heavy atom. The predicted octanol–water partition coefficient (Wildman–Crippen LogP) is 1.75. The number of hydrogen-bond acceptors (Lipinski definition) is 4. The number of carbonyl (C=O) groups excluding carboxylic acids is 1. The Labute approximate surface area is 110 Å². The van der Waals surface area contributed by atoms with E-state index in [9.17, 15) is 4.79 Å². The molecule has 5 nitrogen and oxygen atoms in total. The van der Waals surface area contributed by atoms with E-state index in [2.05, 4.69) is 4.98 Å². The minimum Gasteiger partial charge on any atom is -0.497 e. The quantitative estimate of drug-likeness (QED) is 0.848. The molecule has 1 aromatic heterocycles. The lowest BCUT2D eigenvalue weighted by atomic mass is 10.1. The van der Waals surface area contributed by atoms with Crippen LogP contribution in [-0.4, -0.2) is 25.1 Å². The van der Waals surface area contributed by atoms with Gasteiger partial charge in [-0.2, -0.15) is 0 Å². The van der Waals surface area contributed by atoms with E-state index >= 15 is 0 Å². The van der Waals surface area contributed by atoms with Gasteiger partial charge in [0.2, 0.25) is 11.8 Å². The summed E-state index contributed by atoms with van der Waals surface area (Å²) in [5.41, 5.74) is 6.53. The van der Waals surface area contributed by atoms with Gasteiger partial charge in [0, 0.05) is 23.1 Å². The second-order valence-corrected chi connectivity index (χ2v) is 3.88. The summed E-state index contributed by atoms with van der Waals surface area (Å²) < 4.78 is 10.4. The summed E-state index contributed by atoms with van der Waals surface area (Å²) in [4.78, 5) is 15.2. The van der Waals surface area contributed by atoms with Crippen LogP contribution < -0.4 is 15.2 Å². The molecule has 0 saturated heterocycles. The first-order valence-electron chi connectivity index (χ1n) is 5.64. The zero-order valence-electron chi connectivity index (χ0n) is 10.7. The fourth-order valence-corrected chi connectivity index (χ4v) is 1.73. The third-order valence-corrected chi connectivity index (χ3v) is 2.64. The number of rotatable bonds is 4. The number of primary amides is 1. The van der Waals surface area contributed by atoms with Crippen molar-refractivity contribution in [2.45, 2.75) is 0 Å². The van der Waals surface area contributed by atoms with Crippen LogP contribution in [0.3, 0.4) is 0 Å². The zero-order valence-corrected chi connectivity index (χ0v) is 10.7. The summed E-state index contributed by atoms with van der Waals surface area (Å²) in [5.74, 6) is 0.637. The van der Waals surface area contributed by atoms with Gasteiger partial charge in [0.1, 0.15) is 5.75 Å². The summed E-state index contributed by atoms with van der Waals surface area (Å²) in [6.45, 7) is 0. The van der Waals surface area contributed by atoms with Gasteiger partial charge in [-0.15, -0.1) is 0 Å². The maximum atomic E-state index is 10.8. The van der Waals surface area contributed by atoms with E-state index < -0.39 is 5.91 Å². The molecular formula is C14H14N2O3. The van der Waals surface area contributed by atoms with E-state index in [-0.39, 0.29) is 0 Å². The summed E-state index contributed by atoms with van der Waals surface area (Å²) in [6.07, 6.45) is 2.85. The highest BCUT2D eigenvalue weighted by Crippen LogP contribution is 2.26. The zero-order chi connectivity index (χ0) is 13.8. The number of nitrogens with zero attached hydrogens (tertiary/aromatic N) is 1. The summed E-state index contributed by atoms with van der Waals surface area (Å²) in [5, 5.41) is 0.922. The smallest absolute Gasteiger partial charge is 0.241 e. The highest BCUT2D eigenvalue weighted by Gasteiger charge is 2.06. The number of nitrogens with two attached hydrogens (primary N) is 1. The van der Waals surface area contributed by atoms with Gasteiger partial charge in [-0.25, -0.2) is 4.98 Å². The summed E-state index contributed by atoms with van der Waals surface area (Å²) in [6, 6.07) is 7.43. The molecule has 0 radical (unpaired) electrons. The lowest BCUT2D eigenvalue weighted by Crippen LogP contribution is -2.05. The Bertz CT molecular complexity index is 650. The normalized spacial score (nSPS) is 10.8. The third kappa shape index (κ3) is 2.82. The van der Waals surface area contributed by atoms with Crippen LogP contribution in [0.2, 0.25) is 0 Å². The van der Waals surface area contributed by atoms with Crippen LogP contribution in [-0.2, 0) is 4.79 Å². The number of pyridine rings is 1. The lowest BCUT2D eigenvalue weighted by Gasteiger charge is -2.07. The second kappa shape index (κ2) is 5.39. The molecule has 2 aromatic rings. The highest BCUT2D eigenvalue weighted by molar-refractivity contribution is 5.92. The van der Waals surface area contributed by atoms with Gasteiger partial charge < -0.3 is 15.2 Å². The van der Waals surface area contributed by atoms with Crippen molar-refractivity contribution in [1.82, 2.24) is 4.98 Å². The molecule has 0 aliphatic heterocycles. The van der Waals surface area contributed by atoms with E-state index in [0.29, 0.717) is 11.4 Å². The molecule has 2 rings (SSSR count). The molecule has 0 aliphatic rings. The van der Waals surface area contributed by atoms with E-state index in [4.69, 9.17) is 15.2 Å². The number of hydrogen-bond donors (Lipinski definition) is 1. The van der Waals surface area contributed by atoms with Crippen LogP contribution >= 0.6 is 0 Å². The number of benzene rings is 1. The van der Waals surface area contributed by atoms with Crippen molar-refractivity contribution >= 4 is 22.9 Å². The van der Waals surface area contributed by atoms with Crippen molar-refractivity contribution < 1.29 is 14.3 Å². The van der Waals surface area contributed by atoms with E-state index in [1.165, 1.54) is 13.2 Å². The van der Waals surface area contributed by atoms with Crippen molar-refractivity contribution in [3.05, 3.63) is 35.9 Å². The minimum atomic E-state index is -0.517. The fourth-order valence-electron chi connectivity index (χ4n) is 1.73. The molecule has 0 atom stereocenters. The molecule has 0 unspecified atom stereocenters. The van der Waals surface area contributed by atoms with Crippen LogP contribution in [0.4, 0.5) is 0 Å². The number of amides is 1. The Morgan fingerprint density at radius 1 is 1.26 bits per heavy atom. The van der Waals surface area contributed by atoms with Crippen molar-refractivity contribution in [2.75, 3.05) is 14.2 Å². The van der Waals surface area contributed by atoms with Crippen LogP contribution in [0.15, 0.2) is 30.3 Å². The maximum Gasteiger partial charge on any atom is 0.241 e. The largest absolute Gasteiger partial charge is 0.497 e.